The van der Waals surface area contributed by atoms with E-state index in [0.29, 0.717) is 12.5 Å². The molecule has 0 aliphatic carbocycles. The first-order chi connectivity index (χ1) is 11.1. The first-order valence-corrected chi connectivity index (χ1v) is 9.49. The molecule has 0 aromatic rings. The largest absolute Gasteiger partial charge is 0.462 e. The minimum atomic E-state index is -1.06. The molecule has 0 aromatic carbocycles. The van der Waals surface area contributed by atoms with Gasteiger partial charge in [-0.2, -0.15) is 5.10 Å². The molecule has 8 heteroatoms. The van der Waals surface area contributed by atoms with Gasteiger partial charge in [-0.25, -0.2) is 9.04 Å². The Balaban J connectivity index is 0.000000640. The van der Waals surface area contributed by atoms with Gasteiger partial charge in [-0.15, -0.1) is 0 Å². The van der Waals surface area contributed by atoms with E-state index < -0.39 is 11.0 Å². The van der Waals surface area contributed by atoms with E-state index >= 15 is 0 Å². The Hall–Kier alpha value is -1.15. The zero-order valence-corrected chi connectivity index (χ0v) is 16.9. The summed E-state index contributed by atoms with van der Waals surface area (Å²) >= 11 is 0. The predicted molar refractivity (Wildman–Crippen MR) is 100 cm³/mol. The van der Waals surface area contributed by atoms with E-state index in [4.69, 9.17) is 0 Å². The van der Waals surface area contributed by atoms with Crippen molar-refractivity contribution in [1.29, 1.82) is 0 Å². The molecule has 1 heterocycles. The lowest BCUT2D eigenvalue weighted by molar-refractivity contribution is -0.138. The van der Waals surface area contributed by atoms with E-state index in [2.05, 4.69) is 33.5 Å². The lowest BCUT2D eigenvalue weighted by atomic mass is 10.0. The Labute approximate surface area is 149 Å². The summed E-state index contributed by atoms with van der Waals surface area (Å²) in [4.78, 5) is 16.5. The topological polar surface area (TPSA) is 74.2 Å². The molecule has 0 amide bonds. The molecule has 24 heavy (non-hydrogen) atoms. The molecule has 1 unspecified atom stereocenters. The van der Waals surface area contributed by atoms with Crippen LogP contribution in [0.5, 0.6) is 0 Å². The lowest BCUT2D eigenvalue weighted by Crippen LogP contribution is -2.44. The van der Waals surface area contributed by atoms with Crippen LogP contribution in [-0.2, 0) is 20.5 Å². The second kappa shape index (κ2) is 11.4. The van der Waals surface area contributed by atoms with Crippen molar-refractivity contribution >= 4 is 23.8 Å². The maximum absolute atomic E-state index is 12.0. The quantitative estimate of drug-likeness (QED) is 0.336. The Morgan fingerprint density at radius 1 is 1.42 bits per heavy atom. The van der Waals surface area contributed by atoms with E-state index in [1.54, 1.807) is 6.34 Å². The monoisotopic (exact) mass is 362 g/mol. The summed E-state index contributed by atoms with van der Waals surface area (Å²) in [6.07, 6.45) is 4.71. The SMILES string of the molecule is CC(C)(C)OC=O.CC[C@@H]1C[C@H](S(=O)N/N=C/N(C)C)CCN1C. The zero-order chi connectivity index (χ0) is 18.8. The number of hydrogen-bond donors (Lipinski definition) is 1. The van der Waals surface area contributed by atoms with Crippen LogP contribution in [-0.4, -0.2) is 71.4 Å². The third-order valence-corrected chi connectivity index (χ3v) is 4.89. The van der Waals surface area contributed by atoms with Gasteiger partial charge in [0.25, 0.3) is 6.47 Å². The van der Waals surface area contributed by atoms with Crippen LogP contribution in [0.3, 0.4) is 0 Å². The fraction of sp³-hybridized carbons (Fsp3) is 0.875. The molecule has 3 atom stereocenters. The van der Waals surface area contributed by atoms with Gasteiger partial charge in [0.15, 0.2) is 0 Å². The van der Waals surface area contributed by atoms with E-state index in [9.17, 15) is 9.00 Å². The van der Waals surface area contributed by atoms with Crippen molar-refractivity contribution in [3.8, 4) is 0 Å². The minimum absolute atomic E-state index is 0.218. The van der Waals surface area contributed by atoms with E-state index in [1.165, 1.54) is 0 Å². The van der Waals surface area contributed by atoms with Gasteiger partial charge in [0.2, 0.25) is 0 Å². The second-order valence-corrected chi connectivity index (χ2v) is 8.56. The Morgan fingerprint density at radius 3 is 2.46 bits per heavy atom. The number of hydrogen-bond acceptors (Lipinski definition) is 5. The number of ether oxygens (including phenoxy) is 1. The van der Waals surface area contributed by atoms with Crippen molar-refractivity contribution in [2.24, 2.45) is 5.10 Å². The highest BCUT2D eigenvalue weighted by Crippen LogP contribution is 2.21. The van der Waals surface area contributed by atoms with Crippen LogP contribution in [0.25, 0.3) is 0 Å². The van der Waals surface area contributed by atoms with Crippen LogP contribution in [0.1, 0.15) is 47.0 Å². The van der Waals surface area contributed by atoms with Crippen molar-refractivity contribution < 1.29 is 13.7 Å². The maximum atomic E-state index is 12.0. The first kappa shape index (κ1) is 22.9. The molecule has 0 spiro atoms. The van der Waals surface area contributed by atoms with Crippen molar-refractivity contribution in [2.45, 2.75) is 63.9 Å². The molecule has 1 aliphatic rings. The molecular weight excluding hydrogens is 328 g/mol. The Morgan fingerprint density at radius 2 is 2.04 bits per heavy atom. The molecule has 1 rings (SSSR count). The number of carbonyl (C=O) groups is 1. The molecule has 1 aliphatic heterocycles. The molecular formula is C16H34N4O3S. The van der Waals surface area contributed by atoms with Crippen molar-refractivity contribution in [3.05, 3.63) is 0 Å². The fourth-order valence-electron chi connectivity index (χ4n) is 2.21. The van der Waals surface area contributed by atoms with Gasteiger partial charge >= 0.3 is 0 Å². The number of likely N-dealkylation sites (tertiary alicyclic amines) is 1. The van der Waals surface area contributed by atoms with Gasteiger partial charge in [0, 0.05) is 20.1 Å². The van der Waals surface area contributed by atoms with Crippen molar-refractivity contribution in [3.63, 3.8) is 0 Å². The summed E-state index contributed by atoms with van der Waals surface area (Å²) in [7, 11) is 4.85. The maximum Gasteiger partial charge on any atom is 0.293 e. The number of carbonyl (C=O) groups excluding carboxylic acids is 1. The average Bonchev–Trinajstić information content (AvgIpc) is 2.46. The number of nitrogens with one attached hydrogen (secondary N) is 1. The third kappa shape index (κ3) is 10.6. The molecule has 142 valence electrons. The predicted octanol–water partition coefficient (Wildman–Crippen LogP) is 1.58. The third-order valence-electron chi connectivity index (χ3n) is 3.57. The Kier molecular flexibility index (Phi) is 10.9. The van der Waals surface area contributed by atoms with Gasteiger partial charge < -0.3 is 14.5 Å². The normalized spacial score (nSPS) is 23.1. The summed E-state index contributed by atoms with van der Waals surface area (Å²) < 4.78 is 16.5. The zero-order valence-electron chi connectivity index (χ0n) is 16.1. The van der Waals surface area contributed by atoms with Gasteiger partial charge in [-0.1, -0.05) is 6.92 Å². The van der Waals surface area contributed by atoms with Crippen molar-refractivity contribution in [2.75, 3.05) is 27.7 Å². The van der Waals surface area contributed by atoms with Crippen LogP contribution in [0.4, 0.5) is 0 Å². The number of rotatable bonds is 6. The average molecular weight is 363 g/mol. The number of hydrazone groups is 1. The van der Waals surface area contributed by atoms with Gasteiger partial charge in [-0.3, -0.25) is 4.79 Å². The molecule has 1 saturated heterocycles. The highest BCUT2D eigenvalue weighted by atomic mass is 32.2. The van der Waals surface area contributed by atoms with Crippen LogP contribution < -0.4 is 4.83 Å². The molecule has 0 radical (unpaired) electrons. The summed E-state index contributed by atoms with van der Waals surface area (Å²) in [5.74, 6) is 0. The summed E-state index contributed by atoms with van der Waals surface area (Å²) in [6.45, 7) is 9.13. The van der Waals surface area contributed by atoms with Crippen LogP contribution in [0, 0.1) is 0 Å². The molecule has 1 N–H and O–H groups in total. The first-order valence-electron chi connectivity index (χ1n) is 8.28. The standard InChI is InChI=1S/C11H24N4OS.C5H10O2/c1-5-10-8-11(6-7-15(10)4)17(16)13-12-9-14(2)3;1-5(2,3)7-4-6/h9-11,13H,5-8H2,1-4H3;4H,1-3H3/b12-9+;/t10-,11-,17?;/m1./s1. The van der Waals surface area contributed by atoms with Gasteiger partial charge in [0.1, 0.15) is 22.9 Å². The molecule has 0 saturated carbocycles. The molecule has 1 fully saturated rings. The minimum Gasteiger partial charge on any atom is -0.462 e. The molecule has 0 bridgehead atoms. The van der Waals surface area contributed by atoms with Crippen LogP contribution in [0.15, 0.2) is 5.10 Å². The van der Waals surface area contributed by atoms with Crippen molar-refractivity contribution in [1.82, 2.24) is 14.6 Å². The number of piperidine rings is 1. The van der Waals surface area contributed by atoms with Gasteiger partial charge in [0.05, 0.1) is 5.25 Å². The second-order valence-electron chi connectivity index (χ2n) is 7.11. The van der Waals surface area contributed by atoms with E-state index in [1.807, 2.05) is 39.8 Å². The Bertz CT molecular complexity index is 411. The summed E-state index contributed by atoms with van der Waals surface area (Å²) in [5, 5.41) is 4.17. The highest BCUT2D eigenvalue weighted by molar-refractivity contribution is 7.83. The molecule has 0 aromatic heterocycles. The highest BCUT2D eigenvalue weighted by Gasteiger charge is 2.28. The van der Waals surface area contributed by atoms with E-state index in [-0.39, 0.29) is 10.9 Å². The lowest BCUT2D eigenvalue weighted by Gasteiger charge is -2.35. The van der Waals surface area contributed by atoms with E-state index in [0.717, 1.165) is 25.8 Å². The van der Waals surface area contributed by atoms with Crippen LogP contribution >= 0.6 is 0 Å². The fourth-order valence-corrected chi connectivity index (χ4v) is 3.23. The van der Waals surface area contributed by atoms with Crippen LogP contribution in [0.2, 0.25) is 0 Å². The summed E-state index contributed by atoms with van der Waals surface area (Å²) in [6, 6.07) is 0.553. The smallest absolute Gasteiger partial charge is 0.293 e. The molecule has 7 nitrogen and oxygen atoms in total. The number of nitrogens with zero attached hydrogens (tertiary/aromatic N) is 3. The summed E-state index contributed by atoms with van der Waals surface area (Å²) in [5.41, 5.74) is -0.318. The van der Waals surface area contributed by atoms with Gasteiger partial charge in [-0.05, 0) is 53.6 Å².